The first kappa shape index (κ1) is 13.3. The zero-order valence-electron chi connectivity index (χ0n) is 11.5. The van der Waals surface area contributed by atoms with Gasteiger partial charge in [-0.1, -0.05) is 18.2 Å². The normalized spacial score (nSPS) is 17.2. The van der Waals surface area contributed by atoms with E-state index in [0.29, 0.717) is 5.92 Å². The molecule has 1 aromatic heterocycles. The van der Waals surface area contributed by atoms with Gasteiger partial charge in [0.15, 0.2) is 0 Å². The highest BCUT2D eigenvalue weighted by molar-refractivity contribution is 5.22. The largest absolute Gasteiger partial charge is 0.299 e. The second-order valence-electron chi connectivity index (χ2n) is 5.43. The fraction of sp³-hybridized carbons (Fsp3) is 0.353. The van der Waals surface area contributed by atoms with Gasteiger partial charge in [-0.3, -0.25) is 9.88 Å². The van der Waals surface area contributed by atoms with Gasteiger partial charge in [0.05, 0.1) is 0 Å². The zero-order chi connectivity index (χ0) is 13.8. The minimum absolute atomic E-state index is 0.0555. The van der Waals surface area contributed by atoms with Gasteiger partial charge in [-0.05, 0) is 61.2 Å². The van der Waals surface area contributed by atoms with Gasteiger partial charge in [-0.15, -0.1) is 0 Å². The molecule has 2 heterocycles. The second kappa shape index (κ2) is 6.14. The topological polar surface area (TPSA) is 16.1 Å². The molecule has 0 atom stereocenters. The lowest BCUT2D eigenvalue weighted by atomic mass is 9.89. The third kappa shape index (κ3) is 3.05. The van der Waals surface area contributed by atoms with Crippen molar-refractivity contribution in [1.82, 2.24) is 9.88 Å². The molecule has 0 bridgehead atoms. The Morgan fingerprint density at radius 1 is 1.05 bits per heavy atom. The third-order valence-electron chi connectivity index (χ3n) is 4.09. The van der Waals surface area contributed by atoms with Gasteiger partial charge in [-0.2, -0.15) is 0 Å². The van der Waals surface area contributed by atoms with Gasteiger partial charge in [0.2, 0.25) is 0 Å². The standard InChI is InChI=1S/C17H19FN2/c18-17-4-2-1-3-16(17)15-7-11-20(12-8-15)13-14-5-9-19-10-6-14/h1-6,9-10,15H,7-8,11-13H2. The molecule has 0 spiro atoms. The molecule has 3 heteroatoms. The van der Waals surface area contributed by atoms with E-state index >= 15 is 0 Å². The highest BCUT2D eigenvalue weighted by Crippen LogP contribution is 2.30. The molecule has 2 nitrogen and oxygen atoms in total. The van der Waals surface area contributed by atoms with Gasteiger partial charge >= 0.3 is 0 Å². The van der Waals surface area contributed by atoms with Crippen LogP contribution in [0.15, 0.2) is 48.8 Å². The SMILES string of the molecule is Fc1ccccc1C1CCN(Cc2ccncc2)CC1. The number of piperidine rings is 1. The summed E-state index contributed by atoms with van der Waals surface area (Å²) in [6, 6.07) is 11.3. The Labute approximate surface area is 119 Å². The van der Waals surface area contributed by atoms with Crippen molar-refractivity contribution in [3.63, 3.8) is 0 Å². The van der Waals surface area contributed by atoms with E-state index in [1.54, 1.807) is 12.1 Å². The van der Waals surface area contributed by atoms with E-state index in [9.17, 15) is 4.39 Å². The van der Waals surface area contributed by atoms with Crippen LogP contribution in [0.4, 0.5) is 4.39 Å². The number of hydrogen-bond acceptors (Lipinski definition) is 2. The van der Waals surface area contributed by atoms with Crippen molar-refractivity contribution in [3.05, 3.63) is 65.7 Å². The molecular formula is C17H19FN2. The van der Waals surface area contributed by atoms with Crippen LogP contribution in [0.2, 0.25) is 0 Å². The van der Waals surface area contributed by atoms with Gasteiger partial charge < -0.3 is 0 Å². The van der Waals surface area contributed by atoms with Crippen molar-refractivity contribution in [2.75, 3.05) is 13.1 Å². The van der Waals surface area contributed by atoms with E-state index in [1.807, 2.05) is 24.5 Å². The van der Waals surface area contributed by atoms with Crippen molar-refractivity contribution in [2.24, 2.45) is 0 Å². The minimum Gasteiger partial charge on any atom is -0.299 e. The molecule has 0 radical (unpaired) electrons. The van der Waals surface area contributed by atoms with E-state index in [4.69, 9.17) is 0 Å². The Hall–Kier alpha value is -1.74. The number of halogens is 1. The predicted molar refractivity (Wildman–Crippen MR) is 77.9 cm³/mol. The van der Waals surface area contributed by atoms with Crippen LogP contribution < -0.4 is 0 Å². The third-order valence-corrected chi connectivity index (χ3v) is 4.09. The first-order valence-electron chi connectivity index (χ1n) is 7.18. The van der Waals surface area contributed by atoms with Crippen LogP contribution in [0.5, 0.6) is 0 Å². The van der Waals surface area contributed by atoms with Gasteiger partial charge in [0.25, 0.3) is 0 Å². The predicted octanol–water partition coefficient (Wildman–Crippen LogP) is 3.60. The lowest BCUT2D eigenvalue weighted by molar-refractivity contribution is 0.203. The summed E-state index contributed by atoms with van der Waals surface area (Å²) in [5.74, 6) is 0.310. The number of hydrogen-bond donors (Lipinski definition) is 0. The van der Waals surface area contributed by atoms with Crippen LogP contribution in [0.1, 0.15) is 29.9 Å². The van der Waals surface area contributed by atoms with Crippen LogP contribution in [-0.4, -0.2) is 23.0 Å². The fourth-order valence-electron chi connectivity index (χ4n) is 2.95. The van der Waals surface area contributed by atoms with Crippen molar-refractivity contribution in [2.45, 2.75) is 25.3 Å². The molecule has 0 saturated carbocycles. The first-order valence-corrected chi connectivity index (χ1v) is 7.18. The van der Waals surface area contributed by atoms with E-state index in [1.165, 1.54) is 5.56 Å². The molecule has 1 fully saturated rings. The van der Waals surface area contributed by atoms with E-state index in [0.717, 1.165) is 38.0 Å². The Bertz CT molecular complexity index is 548. The average Bonchev–Trinajstić information content (AvgIpc) is 2.50. The summed E-state index contributed by atoms with van der Waals surface area (Å²) in [6.45, 7) is 3.02. The van der Waals surface area contributed by atoms with Crippen LogP contribution in [0.25, 0.3) is 0 Å². The van der Waals surface area contributed by atoms with Crippen molar-refractivity contribution >= 4 is 0 Å². The zero-order valence-corrected chi connectivity index (χ0v) is 11.5. The molecule has 1 aliphatic rings. The number of aromatic nitrogens is 1. The fourth-order valence-corrected chi connectivity index (χ4v) is 2.95. The van der Waals surface area contributed by atoms with Crippen LogP contribution in [0.3, 0.4) is 0 Å². The van der Waals surface area contributed by atoms with Gasteiger partial charge in [0, 0.05) is 18.9 Å². The number of benzene rings is 1. The molecule has 1 aliphatic heterocycles. The van der Waals surface area contributed by atoms with E-state index in [2.05, 4.69) is 22.0 Å². The van der Waals surface area contributed by atoms with E-state index in [-0.39, 0.29) is 5.82 Å². The van der Waals surface area contributed by atoms with Crippen molar-refractivity contribution < 1.29 is 4.39 Å². The molecule has 0 unspecified atom stereocenters. The summed E-state index contributed by atoms with van der Waals surface area (Å²) in [5.41, 5.74) is 2.18. The Morgan fingerprint density at radius 3 is 2.45 bits per heavy atom. The second-order valence-corrected chi connectivity index (χ2v) is 5.43. The molecule has 20 heavy (non-hydrogen) atoms. The minimum atomic E-state index is -0.0555. The maximum absolute atomic E-state index is 13.8. The molecule has 3 rings (SSSR count). The lowest BCUT2D eigenvalue weighted by Crippen LogP contribution is -2.32. The van der Waals surface area contributed by atoms with Crippen molar-refractivity contribution in [3.8, 4) is 0 Å². The summed E-state index contributed by atoms with van der Waals surface area (Å²) < 4.78 is 13.8. The summed E-state index contributed by atoms with van der Waals surface area (Å²) in [6.07, 6.45) is 5.74. The highest BCUT2D eigenvalue weighted by atomic mass is 19.1. The molecule has 1 aromatic carbocycles. The quantitative estimate of drug-likeness (QED) is 0.847. The number of likely N-dealkylation sites (tertiary alicyclic amines) is 1. The van der Waals surface area contributed by atoms with Crippen LogP contribution >= 0.6 is 0 Å². The smallest absolute Gasteiger partial charge is 0.126 e. The molecule has 0 aliphatic carbocycles. The summed E-state index contributed by atoms with van der Waals surface area (Å²) in [4.78, 5) is 6.48. The lowest BCUT2D eigenvalue weighted by Gasteiger charge is -2.32. The molecule has 1 saturated heterocycles. The Balaban J connectivity index is 1.59. The van der Waals surface area contributed by atoms with Gasteiger partial charge in [0.1, 0.15) is 5.82 Å². The van der Waals surface area contributed by atoms with Crippen LogP contribution in [-0.2, 0) is 6.54 Å². The maximum atomic E-state index is 13.8. The molecule has 104 valence electrons. The van der Waals surface area contributed by atoms with Gasteiger partial charge in [-0.25, -0.2) is 4.39 Å². The van der Waals surface area contributed by atoms with Crippen molar-refractivity contribution in [1.29, 1.82) is 0 Å². The molecule has 0 amide bonds. The maximum Gasteiger partial charge on any atom is 0.126 e. The molecule has 0 N–H and O–H groups in total. The average molecular weight is 270 g/mol. The van der Waals surface area contributed by atoms with E-state index < -0.39 is 0 Å². The summed E-state index contributed by atoms with van der Waals surface area (Å²) in [5, 5.41) is 0. The molecular weight excluding hydrogens is 251 g/mol. The number of rotatable bonds is 3. The number of nitrogens with zero attached hydrogens (tertiary/aromatic N) is 2. The monoisotopic (exact) mass is 270 g/mol. The number of pyridine rings is 1. The summed E-state index contributed by atoms with van der Waals surface area (Å²) >= 11 is 0. The first-order chi connectivity index (χ1) is 9.83. The summed E-state index contributed by atoms with van der Waals surface area (Å²) in [7, 11) is 0. The highest BCUT2D eigenvalue weighted by Gasteiger charge is 2.22. The Kier molecular flexibility index (Phi) is 4.07. The van der Waals surface area contributed by atoms with Crippen LogP contribution in [0, 0.1) is 5.82 Å². The molecule has 2 aromatic rings. The Morgan fingerprint density at radius 2 is 1.75 bits per heavy atom.